The molecule has 0 amide bonds. The van der Waals surface area contributed by atoms with Crippen molar-refractivity contribution in [3.8, 4) is 6.07 Å². The second kappa shape index (κ2) is 4.15. The number of aromatic nitrogens is 3. The van der Waals surface area contributed by atoms with E-state index >= 15 is 0 Å². The first-order valence-corrected chi connectivity index (χ1v) is 5.71. The predicted octanol–water partition coefficient (Wildman–Crippen LogP) is 1.49. The molecular weight excluding hydrogens is 216 g/mol. The van der Waals surface area contributed by atoms with Crippen molar-refractivity contribution in [2.24, 2.45) is 0 Å². The number of nitrogens with zero attached hydrogens (tertiary/aromatic N) is 4. The van der Waals surface area contributed by atoms with Gasteiger partial charge in [0.1, 0.15) is 11.9 Å². The molecule has 1 fully saturated rings. The van der Waals surface area contributed by atoms with Gasteiger partial charge in [-0.25, -0.2) is 0 Å². The fourth-order valence-corrected chi connectivity index (χ4v) is 2.20. The van der Waals surface area contributed by atoms with Crippen LogP contribution < -0.4 is 0 Å². The van der Waals surface area contributed by atoms with Crippen LogP contribution in [-0.2, 0) is 4.74 Å². The maximum absolute atomic E-state index is 8.91. The molecule has 5 nitrogen and oxygen atoms in total. The number of pyridine rings is 1. The zero-order chi connectivity index (χ0) is 11.7. The lowest BCUT2D eigenvalue weighted by molar-refractivity contribution is 0.0778. The molecule has 3 rings (SSSR count). The van der Waals surface area contributed by atoms with E-state index < -0.39 is 0 Å². The molecule has 17 heavy (non-hydrogen) atoms. The summed E-state index contributed by atoms with van der Waals surface area (Å²) in [6, 6.07) is 5.70. The maximum Gasteiger partial charge on any atom is 0.160 e. The van der Waals surface area contributed by atoms with Crippen molar-refractivity contribution in [3.63, 3.8) is 0 Å². The Morgan fingerprint density at radius 1 is 1.41 bits per heavy atom. The molecule has 0 radical (unpaired) electrons. The molecule has 0 aliphatic carbocycles. The first kappa shape index (κ1) is 10.2. The quantitative estimate of drug-likeness (QED) is 0.742. The van der Waals surface area contributed by atoms with Gasteiger partial charge < -0.3 is 4.74 Å². The van der Waals surface area contributed by atoms with Gasteiger partial charge in [0.05, 0.1) is 12.2 Å². The smallest absolute Gasteiger partial charge is 0.160 e. The van der Waals surface area contributed by atoms with Gasteiger partial charge in [-0.1, -0.05) is 0 Å². The SMILES string of the molecule is N#Cc1ccc2nnc(C3CCCOC3)n2c1. The van der Waals surface area contributed by atoms with Crippen LogP contribution in [0, 0.1) is 11.3 Å². The Balaban J connectivity index is 2.06. The molecule has 3 heterocycles. The number of ether oxygens (including phenoxy) is 1. The zero-order valence-electron chi connectivity index (χ0n) is 9.33. The van der Waals surface area contributed by atoms with E-state index in [-0.39, 0.29) is 5.92 Å². The number of nitriles is 1. The highest BCUT2D eigenvalue weighted by molar-refractivity contribution is 5.43. The molecule has 0 N–H and O–H groups in total. The molecule has 0 saturated carbocycles. The lowest BCUT2D eigenvalue weighted by Crippen LogP contribution is -2.17. The maximum atomic E-state index is 8.91. The summed E-state index contributed by atoms with van der Waals surface area (Å²) in [7, 11) is 0. The van der Waals surface area contributed by atoms with Crippen LogP contribution >= 0.6 is 0 Å². The van der Waals surface area contributed by atoms with E-state index in [4.69, 9.17) is 10.00 Å². The Bertz CT molecular complexity index is 578. The zero-order valence-corrected chi connectivity index (χ0v) is 9.33. The highest BCUT2D eigenvalue weighted by Crippen LogP contribution is 2.24. The van der Waals surface area contributed by atoms with Crippen molar-refractivity contribution in [1.29, 1.82) is 5.26 Å². The van der Waals surface area contributed by atoms with Crippen molar-refractivity contribution in [2.45, 2.75) is 18.8 Å². The molecule has 2 aromatic heterocycles. The summed E-state index contributed by atoms with van der Waals surface area (Å²) in [6.45, 7) is 1.52. The van der Waals surface area contributed by atoms with Crippen molar-refractivity contribution >= 4 is 5.65 Å². The van der Waals surface area contributed by atoms with Crippen LogP contribution in [-0.4, -0.2) is 27.8 Å². The lowest BCUT2D eigenvalue weighted by atomic mass is 10.0. The predicted molar refractivity (Wildman–Crippen MR) is 60.5 cm³/mol. The van der Waals surface area contributed by atoms with E-state index in [9.17, 15) is 0 Å². The van der Waals surface area contributed by atoms with Crippen LogP contribution in [0.1, 0.15) is 30.1 Å². The van der Waals surface area contributed by atoms with Gasteiger partial charge in [-0.3, -0.25) is 4.40 Å². The largest absolute Gasteiger partial charge is 0.381 e. The standard InChI is InChI=1S/C12H12N4O/c13-6-9-3-4-11-14-15-12(16(11)7-9)10-2-1-5-17-8-10/h3-4,7,10H,1-2,5,8H2. The van der Waals surface area contributed by atoms with Crippen LogP contribution in [0.3, 0.4) is 0 Å². The topological polar surface area (TPSA) is 63.2 Å². The van der Waals surface area contributed by atoms with Crippen LogP contribution in [0.2, 0.25) is 0 Å². The van der Waals surface area contributed by atoms with E-state index in [0.717, 1.165) is 30.9 Å². The minimum Gasteiger partial charge on any atom is -0.381 e. The van der Waals surface area contributed by atoms with Crippen molar-refractivity contribution < 1.29 is 4.74 Å². The molecule has 2 aromatic rings. The van der Waals surface area contributed by atoms with E-state index in [1.807, 2.05) is 10.5 Å². The molecule has 5 heteroatoms. The van der Waals surface area contributed by atoms with Crippen molar-refractivity contribution in [3.05, 3.63) is 29.7 Å². The monoisotopic (exact) mass is 228 g/mol. The van der Waals surface area contributed by atoms with Gasteiger partial charge in [0.15, 0.2) is 5.65 Å². The highest BCUT2D eigenvalue weighted by atomic mass is 16.5. The molecule has 0 spiro atoms. The van der Waals surface area contributed by atoms with Crippen molar-refractivity contribution in [2.75, 3.05) is 13.2 Å². The summed E-state index contributed by atoms with van der Waals surface area (Å²) in [4.78, 5) is 0. The molecule has 86 valence electrons. The first-order chi connectivity index (χ1) is 8.38. The van der Waals surface area contributed by atoms with E-state index in [0.29, 0.717) is 12.2 Å². The summed E-state index contributed by atoms with van der Waals surface area (Å²) >= 11 is 0. The Morgan fingerprint density at radius 2 is 2.35 bits per heavy atom. The fraction of sp³-hybridized carbons (Fsp3) is 0.417. The molecule has 1 aliphatic rings. The third-order valence-corrected chi connectivity index (χ3v) is 3.08. The molecular formula is C12H12N4O. The number of fused-ring (bicyclic) bond motifs is 1. The van der Waals surface area contributed by atoms with E-state index in [2.05, 4.69) is 16.3 Å². The molecule has 1 saturated heterocycles. The molecule has 1 unspecified atom stereocenters. The van der Waals surface area contributed by atoms with Gasteiger partial charge in [-0.2, -0.15) is 5.26 Å². The summed E-state index contributed by atoms with van der Waals surface area (Å²) in [6.07, 6.45) is 3.91. The van der Waals surface area contributed by atoms with Gasteiger partial charge >= 0.3 is 0 Å². The van der Waals surface area contributed by atoms with Crippen LogP contribution in [0.25, 0.3) is 5.65 Å². The molecule has 1 atom stereocenters. The summed E-state index contributed by atoms with van der Waals surface area (Å²) < 4.78 is 7.37. The Morgan fingerprint density at radius 3 is 3.12 bits per heavy atom. The second-order valence-corrected chi connectivity index (χ2v) is 4.23. The summed E-state index contributed by atoms with van der Waals surface area (Å²) in [5.74, 6) is 1.18. The normalized spacial score (nSPS) is 20.3. The van der Waals surface area contributed by atoms with Crippen LogP contribution in [0.4, 0.5) is 0 Å². The highest BCUT2D eigenvalue weighted by Gasteiger charge is 2.21. The fourth-order valence-electron chi connectivity index (χ4n) is 2.20. The first-order valence-electron chi connectivity index (χ1n) is 5.71. The minimum atomic E-state index is 0.285. The number of rotatable bonds is 1. The van der Waals surface area contributed by atoms with Gasteiger partial charge in [0.25, 0.3) is 0 Å². The van der Waals surface area contributed by atoms with Gasteiger partial charge in [-0.05, 0) is 25.0 Å². The number of hydrogen-bond donors (Lipinski definition) is 0. The van der Waals surface area contributed by atoms with Crippen molar-refractivity contribution in [1.82, 2.24) is 14.6 Å². The van der Waals surface area contributed by atoms with Gasteiger partial charge in [0.2, 0.25) is 0 Å². The third kappa shape index (κ3) is 1.77. The van der Waals surface area contributed by atoms with Crippen LogP contribution in [0.15, 0.2) is 18.3 Å². The third-order valence-electron chi connectivity index (χ3n) is 3.08. The molecule has 1 aliphatic heterocycles. The van der Waals surface area contributed by atoms with E-state index in [1.165, 1.54) is 0 Å². The second-order valence-electron chi connectivity index (χ2n) is 4.23. The minimum absolute atomic E-state index is 0.285. The van der Waals surface area contributed by atoms with Gasteiger partial charge in [-0.15, -0.1) is 10.2 Å². The molecule has 0 aromatic carbocycles. The average molecular weight is 228 g/mol. The van der Waals surface area contributed by atoms with Gasteiger partial charge in [0, 0.05) is 18.7 Å². The average Bonchev–Trinajstić information content (AvgIpc) is 2.82. The Kier molecular flexibility index (Phi) is 2.50. The molecule has 0 bridgehead atoms. The lowest BCUT2D eigenvalue weighted by Gasteiger charge is -2.20. The summed E-state index contributed by atoms with van der Waals surface area (Å²) in [5.41, 5.74) is 1.40. The van der Waals surface area contributed by atoms with E-state index in [1.54, 1.807) is 12.3 Å². The Hall–Kier alpha value is -1.93. The summed E-state index contributed by atoms with van der Waals surface area (Å²) in [5, 5.41) is 17.2. The Labute approximate surface area is 98.6 Å². The van der Waals surface area contributed by atoms with Crippen LogP contribution in [0.5, 0.6) is 0 Å². The number of hydrogen-bond acceptors (Lipinski definition) is 4.